The number of nitrogens with two attached hydrogens (primary N) is 1. The van der Waals surface area contributed by atoms with Crippen molar-refractivity contribution in [2.75, 3.05) is 19.1 Å². The molecule has 0 saturated heterocycles. The van der Waals surface area contributed by atoms with E-state index in [0.29, 0.717) is 23.4 Å². The molecule has 1 aromatic carbocycles. The van der Waals surface area contributed by atoms with Crippen LogP contribution < -0.4 is 20.6 Å². The fraction of sp³-hybridized carbons (Fsp3) is 0.385. The first-order valence-corrected chi connectivity index (χ1v) is 13.2. The molecule has 4 aromatic rings. The van der Waals surface area contributed by atoms with E-state index in [4.69, 9.17) is 20.2 Å². The maximum Gasteiger partial charge on any atom is 0.231 e. The molecule has 0 unspecified atom stereocenters. The smallest absolute Gasteiger partial charge is 0.231 e. The second kappa shape index (κ2) is 10.9. The monoisotopic (exact) mass is 520 g/mol. The van der Waals surface area contributed by atoms with Crippen LogP contribution in [0.25, 0.3) is 22.3 Å². The summed E-state index contributed by atoms with van der Waals surface area (Å²) in [5.41, 5.74) is 13.1. The second-order valence-corrected chi connectivity index (χ2v) is 10.5. The normalized spacial score (nSPS) is 12.9. The highest BCUT2D eigenvalue weighted by molar-refractivity contribution is 7.99. The van der Waals surface area contributed by atoms with Crippen LogP contribution in [-0.4, -0.2) is 54.9 Å². The summed E-state index contributed by atoms with van der Waals surface area (Å²) < 4.78 is 13.5. The van der Waals surface area contributed by atoms with Crippen LogP contribution in [0.3, 0.4) is 0 Å². The van der Waals surface area contributed by atoms with Crippen molar-refractivity contribution in [1.29, 1.82) is 0 Å². The molecule has 1 aliphatic heterocycles. The summed E-state index contributed by atoms with van der Waals surface area (Å²) in [4.78, 5) is 18.7. The number of hydrogen-bond donors (Lipinski definition) is 2. The first-order valence-electron chi connectivity index (χ1n) is 12.4. The number of pyridine rings is 1. The van der Waals surface area contributed by atoms with Gasteiger partial charge in [0.25, 0.3) is 0 Å². The van der Waals surface area contributed by atoms with Gasteiger partial charge in [0.05, 0.1) is 0 Å². The molecule has 4 heterocycles. The van der Waals surface area contributed by atoms with Gasteiger partial charge in [0, 0.05) is 42.5 Å². The summed E-state index contributed by atoms with van der Waals surface area (Å²) in [6.07, 6.45) is 5.96. The van der Waals surface area contributed by atoms with E-state index in [1.54, 1.807) is 24.2 Å². The summed E-state index contributed by atoms with van der Waals surface area (Å²) in [5.74, 6) is 1.82. The zero-order valence-corrected chi connectivity index (χ0v) is 22.3. The molecule has 1 aliphatic rings. The van der Waals surface area contributed by atoms with Gasteiger partial charge in [-0.1, -0.05) is 11.8 Å². The van der Waals surface area contributed by atoms with Crippen LogP contribution >= 0.6 is 11.8 Å². The number of aryl methyl sites for hydroxylation is 1. The number of nitrogens with zero attached hydrogens (tertiary/aromatic N) is 6. The molecule has 0 saturated carbocycles. The lowest BCUT2D eigenvalue weighted by Gasteiger charge is -2.29. The molecule has 0 aliphatic carbocycles. The Balaban J connectivity index is 1.50. The Morgan fingerprint density at radius 2 is 1.86 bits per heavy atom. The van der Waals surface area contributed by atoms with Crippen LogP contribution in [0.1, 0.15) is 34.1 Å². The minimum absolute atomic E-state index is 0.209. The van der Waals surface area contributed by atoms with Crippen molar-refractivity contribution >= 4 is 28.7 Å². The molecule has 0 radical (unpaired) electrons. The standard InChI is InChI=1S/C26H32N8O2S/c1-16(2)32-34(17(3)4)11-5-10-33-25-23(24(27)29-14-30-25)31-26(33)37-22-13-21-20(35-15-36-21)12-19(22)18-6-8-28-9-7-18/h6-9,12-14,16-17,32H,5,10-11,15H2,1-4H3,(H2,27,29,30). The Kier molecular flexibility index (Phi) is 7.45. The van der Waals surface area contributed by atoms with Gasteiger partial charge in [-0.15, -0.1) is 0 Å². The van der Waals surface area contributed by atoms with E-state index < -0.39 is 0 Å². The van der Waals surface area contributed by atoms with Gasteiger partial charge in [-0.2, -0.15) is 0 Å². The molecular weight excluding hydrogens is 488 g/mol. The number of fused-ring (bicyclic) bond motifs is 2. The minimum atomic E-state index is 0.209. The maximum absolute atomic E-state index is 6.20. The van der Waals surface area contributed by atoms with Gasteiger partial charge in [-0.25, -0.2) is 20.0 Å². The number of rotatable bonds is 10. The molecule has 0 atom stereocenters. The van der Waals surface area contributed by atoms with E-state index >= 15 is 0 Å². The number of anilines is 1. The van der Waals surface area contributed by atoms with Crippen LogP contribution in [0, 0.1) is 0 Å². The fourth-order valence-corrected chi connectivity index (χ4v) is 5.35. The van der Waals surface area contributed by atoms with E-state index in [-0.39, 0.29) is 6.79 Å². The lowest BCUT2D eigenvalue weighted by atomic mass is 10.1. The molecule has 5 rings (SSSR count). The van der Waals surface area contributed by atoms with Crippen molar-refractivity contribution in [2.45, 2.75) is 62.8 Å². The third-order valence-electron chi connectivity index (χ3n) is 6.02. The van der Waals surface area contributed by atoms with Gasteiger partial charge in [0.2, 0.25) is 6.79 Å². The van der Waals surface area contributed by atoms with Gasteiger partial charge < -0.3 is 19.8 Å². The van der Waals surface area contributed by atoms with Crippen molar-refractivity contribution < 1.29 is 9.47 Å². The van der Waals surface area contributed by atoms with Gasteiger partial charge in [0.15, 0.2) is 33.6 Å². The van der Waals surface area contributed by atoms with Crippen molar-refractivity contribution in [3.8, 4) is 22.6 Å². The first-order chi connectivity index (χ1) is 17.9. The maximum atomic E-state index is 6.20. The summed E-state index contributed by atoms with van der Waals surface area (Å²) >= 11 is 1.56. The minimum Gasteiger partial charge on any atom is -0.454 e. The highest BCUT2D eigenvalue weighted by Crippen LogP contribution is 2.44. The Hall–Kier alpha value is -3.41. The van der Waals surface area contributed by atoms with E-state index in [2.05, 4.69) is 57.6 Å². The Labute approximate surface area is 220 Å². The van der Waals surface area contributed by atoms with E-state index in [0.717, 1.165) is 57.8 Å². The Morgan fingerprint density at radius 3 is 2.59 bits per heavy atom. The van der Waals surface area contributed by atoms with E-state index in [1.807, 2.05) is 24.3 Å². The summed E-state index contributed by atoms with van der Waals surface area (Å²) in [6.45, 7) is 10.5. The van der Waals surface area contributed by atoms with E-state index in [9.17, 15) is 0 Å². The molecule has 3 aromatic heterocycles. The number of nitrogen functional groups attached to an aromatic ring is 1. The number of nitrogens with one attached hydrogen (secondary N) is 1. The van der Waals surface area contributed by atoms with Crippen LogP contribution in [-0.2, 0) is 6.54 Å². The highest BCUT2D eigenvalue weighted by Gasteiger charge is 2.22. The summed E-state index contributed by atoms with van der Waals surface area (Å²) in [7, 11) is 0. The number of benzene rings is 1. The fourth-order valence-electron chi connectivity index (χ4n) is 4.28. The molecule has 11 heteroatoms. The van der Waals surface area contributed by atoms with Gasteiger partial charge in [0.1, 0.15) is 6.33 Å². The molecule has 0 bridgehead atoms. The molecule has 0 fully saturated rings. The number of imidazole rings is 1. The van der Waals surface area contributed by atoms with Crippen LogP contribution in [0.2, 0.25) is 0 Å². The highest BCUT2D eigenvalue weighted by atomic mass is 32.2. The lowest BCUT2D eigenvalue weighted by Crippen LogP contribution is -2.47. The molecule has 194 valence electrons. The van der Waals surface area contributed by atoms with Gasteiger partial charge >= 0.3 is 0 Å². The van der Waals surface area contributed by atoms with E-state index in [1.165, 1.54) is 6.33 Å². The van der Waals surface area contributed by atoms with Crippen molar-refractivity contribution in [1.82, 2.24) is 34.9 Å². The lowest BCUT2D eigenvalue weighted by molar-refractivity contribution is 0.122. The van der Waals surface area contributed by atoms with Gasteiger partial charge in [-0.3, -0.25) is 10.4 Å². The summed E-state index contributed by atoms with van der Waals surface area (Å²) in [6, 6.07) is 8.73. The van der Waals surface area contributed by atoms with Crippen LogP contribution in [0.5, 0.6) is 11.5 Å². The third-order valence-corrected chi connectivity index (χ3v) is 7.07. The quantitative estimate of drug-likeness (QED) is 0.292. The molecule has 37 heavy (non-hydrogen) atoms. The van der Waals surface area contributed by atoms with Crippen LogP contribution in [0.15, 0.2) is 53.0 Å². The van der Waals surface area contributed by atoms with Crippen LogP contribution in [0.4, 0.5) is 5.82 Å². The SMILES string of the molecule is CC(C)NN(CCCn1c(Sc2cc3c(cc2-c2ccncc2)OCO3)nc2c(N)ncnc21)C(C)C. The second-order valence-electron chi connectivity index (χ2n) is 9.44. The van der Waals surface area contributed by atoms with Crippen molar-refractivity contribution in [3.63, 3.8) is 0 Å². The zero-order valence-electron chi connectivity index (χ0n) is 21.5. The average Bonchev–Trinajstić information content (AvgIpc) is 3.48. The predicted molar refractivity (Wildman–Crippen MR) is 144 cm³/mol. The predicted octanol–water partition coefficient (Wildman–Crippen LogP) is 4.36. The largest absolute Gasteiger partial charge is 0.454 e. The van der Waals surface area contributed by atoms with Crippen molar-refractivity contribution in [3.05, 3.63) is 43.0 Å². The molecular formula is C26H32N8O2S. The molecule has 0 spiro atoms. The zero-order chi connectivity index (χ0) is 25.9. The third kappa shape index (κ3) is 5.48. The first kappa shape index (κ1) is 25.2. The van der Waals surface area contributed by atoms with Gasteiger partial charge in [-0.05, 0) is 69.5 Å². The number of aromatic nitrogens is 5. The number of ether oxygens (including phenoxy) is 2. The number of hydrazine groups is 1. The topological polar surface area (TPSA) is 116 Å². The molecule has 3 N–H and O–H groups in total. The summed E-state index contributed by atoms with van der Waals surface area (Å²) in [5, 5.41) is 3.07. The Bertz CT molecular complexity index is 1380. The average molecular weight is 521 g/mol. The molecule has 0 amide bonds. The van der Waals surface area contributed by atoms with Crippen molar-refractivity contribution in [2.24, 2.45) is 0 Å². The molecule has 10 nitrogen and oxygen atoms in total. The number of hydrogen-bond acceptors (Lipinski definition) is 10. The Morgan fingerprint density at radius 1 is 1.11 bits per heavy atom.